The fourth-order valence-corrected chi connectivity index (χ4v) is 5.18. The summed E-state index contributed by atoms with van der Waals surface area (Å²) in [4.78, 5) is 38.1. The number of amides is 1. The number of aromatic nitrogens is 4. The van der Waals surface area contributed by atoms with Gasteiger partial charge in [0.2, 0.25) is 5.91 Å². The van der Waals surface area contributed by atoms with Gasteiger partial charge in [-0.2, -0.15) is 4.80 Å². The molecule has 1 amide bonds. The Labute approximate surface area is 163 Å². The van der Waals surface area contributed by atoms with Crippen LogP contribution in [0, 0.1) is 10.1 Å². The zero-order valence-electron chi connectivity index (χ0n) is 14.8. The van der Waals surface area contributed by atoms with E-state index in [1.807, 2.05) is 6.92 Å². The van der Waals surface area contributed by atoms with E-state index in [1.165, 1.54) is 47.2 Å². The van der Waals surface area contributed by atoms with Crippen molar-refractivity contribution >= 4 is 29.3 Å². The lowest BCUT2D eigenvalue weighted by Crippen LogP contribution is -2.58. The van der Waals surface area contributed by atoms with Crippen LogP contribution in [0.15, 0.2) is 30.6 Å². The molecule has 0 bridgehead atoms. The zero-order chi connectivity index (χ0) is 19.9. The van der Waals surface area contributed by atoms with Gasteiger partial charge in [-0.15, -0.1) is 22.0 Å². The molecule has 2 saturated heterocycles. The first kappa shape index (κ1) is 18.3. The first-order chi connectivity index (χ1) is 13.4. The lowest BCUT2D eigenvalue weighted by atomic mass is 9.96. The van der Waals surface area contributed by atoms with E-state index in [0.717, 1.165) is 0 Å². The Morgan fingerprint density at radius 1 is 1.43 bits per heavy atom. The van der Waals surface area contributed by atoms with Crippen molar-refractivity contribution in [2.45, 2.75) is 42.7 Å². The predicted molar refractivity (Wildman–Crippen MR) is 95.7 cm³/mol. The van der Waals surface area contributed by atoms with Gasteiger partial charge in [0.1, 0.15) is 12.6 Å². The molecule has 0 spiro atoms. The number of nitrogens with zero attached hydrogens (tertiary/aromatic N) is 6. The Morgan fingerprint density at radius 2 is 2.18 bits per heavy atom. The summed E-state index contributed by atoms with van der Waals surface area (Å²) >= 11 is 1.53. The van der Waals surface area contributed by atoms with Gasteiger partial charge >= 0.3 is 5.97 Å². The average molecular weight is 404 g/mol. The number of benzene rings is 1. The summed E-state index contributed by atoms with van der Waals surface area (Å²) in [5.41, 5.74) is 0.583. The highest BCUT2D eigenvalue weighted by Gasteiger charge is 2.61. The standard InChI is InChI=1S/C16H16N6O5S/c1-16(8-20-18-9-17-19-20)14(21-12(23)6-13(21)28-16)15(24)27-7-10-2-4-11(5-3-10)22(25)26/h2-5,9,13-14H,6-8H2,1H3. The van der Waals surface area contributed by atoms with E-state index in [2.05, 4.69) is 15.4 Å². The number of rotatable bonds is 6. The second-order valence-electron chi connectivity index (χ2n) is 6.79. The molecule has 3 heterocycles. The summed E-state index contributed by atoms with van der Waals surface area (Å²) in [5.74, 6) is -0.617. The highest BCUT2D eigenvalue weighted by molar-refractivity contribution is 8.01. The third-order valence-corrected chi connectivity index (χ3v) is 6.36. The van der Waals surface area contributed by atoms with Gasteiger partial charge in [-0.3, -0.25) is 14.9 Å². The molecule has 2 aliphatic heterocycles. The van der Waals surface area contributed by atoms with E-state index in [-0.39, 0.29) is 23.6 Å². The van der Waals surface area contributed by atoms with Crippen LogP contribution in [0.4, 0.5) is 5.69 Å². The summed E-state index contributed by atoms with van der Waals surface area (Å²) in [5, 5.41) is 22.2. The number of hydrogen-bond donors (Lipinski definition) is 0. The van der Waals surface area contributed by atoms with Crippen LogP contribution in [-0.2, 0) is 27.5 Å². The summed E-state index contributed by atoms with van der Waals surface area (Å²) in [6.07, 6.45) is 1.70. The second-order valence-corrected chi connectivity index (χ2v) is 8.50. The molecular formula is C16H16N6O5S. The number of tetrazole rings is 1. The topological polar surface area (TPSA) is 133 Å². The third kappa shape index (κ3) is 3.19. The van der Waals surface area contributed by atoms with Gasteiger partial charge in [-0.25, -0.2) is 4.79 Å². The first-order valence-corrected chi connectivity index (χ1v) is 9.35. The van der Waals surface area contributed by atoms with Crippen molar-refractivity contribution in [2.24, 2.45) is 0 Å². The SMILES string of the molecule is CC1(Cn2ncnn2)SC2CC(=O)N2C1C(=O)OCc1ccc([N+](=O)[O-])cc1. The fourth-order valence-electron chi connectivity index (χ4n) is 3.46. The van der Waals surface area contributed by atoms with E-state index < -0.39 is 21.7 Å². The van der Waals surface area contributed by atoms with Crippen LogP contribution >= 0.6 is 11.8 Å². The number of nitro benzene ring substituents is 1. The number of ether oxygens (including phenoxy) is 1. The Morgan fingerprint density at radius 3 is 2.79 bits per heavy atom. The lowest BCUT2D eigenvalue weighted by molar-refractivity contribution is -0.384. The molecule has 0 N–H and O–H groups in total. The van der Waals surface area contributed by atoms with Crippen molar-refractivity contribution in [1.29, 1.82) is 0 Å². The molecule has 1 aromatic heterocycles. The number of non-ortho nitro benzene ring substituents is 1. The minimum Gasteiger partial charge on any atom is -0.459 e. The molecule has 11 nitrogen and oxygen atoms in total. The molecule has 28 heavy (non-hydrogen) atoms. The molecular weight excluding hydrogens is 388 g/mol. The average Bonchev–Trinajstić information content (AvgIpc) is 3.24. The summed E-state index contributed by atoms with van der Waals surface area (Å²) in [6, 6.07) is 5.00. The lowest BCUT2D eigenvalue weighted by Gasteiger charge is -2.37. The monoisotopic (exact) mass is 404 g/mol. The third-order valence-electron chi connectivity index (χ3n) is 4.81. The van der Waals surface area contributed by atoms with Crippen LogP contribution < -0.4 is 0 Å². The van der Waals surface area contributed by atoms with Crippen LogP contribution in [0.2, 0.25) is 0 Å². The molecule has 2 aliphatic rings. The number of fused-ring (bicyclic) bond motifs is 1. The van der Waals surface area contributed by atoms with Gasteiger partial charge in [0.25, 0.3) is 5.69 Å². The van der Waals surface area contributed by atoms with Crippen molar-refractivity contribution in [3.05, 3.63) is 46.3 Å². The van der Waals surface area contributed by atoms with Crippen LogP contribution in [0.1, 0.15) is 18.9 Å². The second kappa shape index (κ2) is 6.86. The molecule has 1 aromatic carbocycles. The molecule has 146 valence electrons. The molecule has 3 atom stereocenters. The molecule has 0 saturated carbocycles. The van der Waals surface area contributed by atoms with E-state index in [1.54, 1.807) is 4.90 Å². The van der Waals surface area contributed by atoms with Gasteiger partial charge in [0.05, 0.1) is 28.0 Å². The summed E-state index contributed by atoms with van der Waals surface area (Å²) in [6.45, 7) is 2.14. The van der Waals surface area contributed by atoms with E-state index >= 15 is 0 Å². The first-order valence-electron chi connectivity index (χ1n) is 8.47. The molecule has 0 radical (unpaired) electrons. The number of thioether (sulfide) groups is 1. The molecule has 3 unspecified atom stereocenters. The van der Waals surface area contributed by atoms with Crippen LogP contribution in [0.25, 0.3) is 0 Å². The molecule has 2 fully saturated rings. The predicted octanol–water partition coefficient (Wildman–Crippen LogP) is 0.757. The number of nitro groups is 1. The Hall–Kier alpha value is -3.02. The van der Waals surface area contributed by atoms with Crippen molar-refractivity contribution in [3.63, 3.8) is 0 Å². The zero-order valence-corrected chi connectivity index (χ0v) is 15.6. The van der Waals surface area contributed by atoms with E-state index in [0.29, 0.717) is 18.5 Å². The van der Waals surface area contributed by atoms with Gasteiger partial charge < -0.3 is 9.64 Å². The molecule has 4 rings (SSSR count). The highest BCUT2D eigenvalue weighted by Crippen LogP contribution is 2.51. The normalized spacial score (nSPS) is 25.9. The highest BCUT2D eigenvalue weighted by atomic mass is 32.2. The smallest absolute Gasteiger partial charge is 0.330 e. The largest absolute Gasteiger partial charge is 0.459 e. The van der Waals surface area contributed by atoms with Crippen LogP contribution in [0.5, 0.6) is 0 Å². The van der Waals surface area contributed by atoms with Gasteiger partial charge in [0.15, 0.2) is 6.33 Å². The van der Waals surface area contributed by atoms with Gasteiger partial charge in [-0.1, -0.05) is 0 Å². The van der Waals surface area contributed by atoms with E-state index in [4.69, 9.17) is 4.74 Å². The van der Waals surface area contributed by atoms with Crippen molar-refractivity contribution in [1.82, 2.24) is 25.1 Å². The number of β-lactam (4-membered cyclic amide) rings is 1. The number of carbonyl (C=O) groups is 2. The minimum atomic E-state index is -0.771. The fraction of sp³-hybridized carbons (Fsp3) is 0.438. The van der Waals surface area contributed by atoms with Gasteiger partial charge in [0, 0.05) is 12.1 Å². The molecule has 12 heteroatoms. The number of esters is 1. The molecule has 0 aliphatic carbocycles. The Kier molecular flexibility index (Phi) is 4.49. The Balaban J connectivity index is 1.48. The minimum absolute atomic E-state index is 0.0378. The maximum absolute atomic E-state index is 12.9. The molecule has 2 aromatic rings. The maximum Gasteiger partial charge on any atom is 0.330 e. The summed E-state index contributed by atoms with van der Waals surface area (Å²) < 4.78 is 4.78. The van der Waals surface area contributed by atoms with Crippen LogP contribution in [0.3, 0.4) is 0 Å². The number of carbonyl (C=O) groups excluding carboxylic acids is 2. The van der Waals surface area contributed by atoms with Crippen molar-refractivity contribution in [3.8, 4) is 0 Å². The number of hydrogen-bond acceptors (Lipinski definition) is 9. The van der Waals surface area contributed by atoms with Crippen molar-refractivity contribution in [2.75, 3.05) is 0 Å². The van der Waals surface area contributed by atoms with Crippen LogP contribution in [-0.4, -0.2) is 58.1 Å². The quantitative estimate of drug-likeness (QED) is 0.296. The summed E-state index contributed by atoms with van der Waals surface area (Å²) in [7, 11) is 0. The van der Waals surface area contributed by atoms with Gasteiger partial charge in [-0.05, 0) is 29.8 Å². The maximum atomic E-state index is 12.9. The van der Waals surface area contributed by atoms with Crippen molar-refractivity contribution < 1.29 is 19.2 Å². The van der Waals surface area contributed by atoms with E-state index in [9.17, 15) is 19.7 Å². The Bertz CT molecular complexity index is 920.